The Kier molecular flexibility index (Phi) is 6.14. The van der Waals surface area contributed by atoms with Gasteiger partial charge in [0.2, 0.25) is 5.91 Å². The van der Waals surface area contributed by atoms with Crippen molar-refractivity contribution >= 4 is 11.6 Å². The van der Waals surface area contributed by atoms with E-state index in [2.05, 4.69) is 61.5 Å². The van der Waals surface area contributed by atoms with Crippen LogP contribution < -0.4 is 4.90 Å². The molecule has 3 heterocycles. The lowest BCUT2D eigenvalue weighted by molar-refractivity contribution is -0.131. The highest BCUT2D eigenvalue weighted by atomic mass is 16.5. The van der Waals surface area contributed by atoms with Crippen molar-refractivity contribution in [2.45, 2.75) is 65.6 Å². The van der Waals surface area contributed by atoms with Gasteiger partial charge in [-0.15, -0.1) is 0 Å². The molecule has 4 rings (SSSR count). The number of anilines is 1. The van der Waals surface area contributed by atoms with Crippen molar-refractivity contribution in [2.24, 2.45) is 0 Å². The molecule has 1 aromatic heterocycles. The van der Waals surface area contributed by atoms with Crippen molar-refractivity contribution in [3.05, 3.63) is 46.8 Å². The largest absolute Gasteiger partial charge is 0.376 e. The van der Waals surface area contributed by atoms with Crippen molar-refractivity contribution in [2.75, 3.05) is 31.1 Å². The third kappa shape index (κ3) is 4.24. The highest BCUT2D eigenvalue weighted by Crippen LogP contribution is 2.26. The van der Waals surface area contributed by atoms with Crippen LogP contribution in [0.5, 0.6) is 0 Å². The third-order valence-corrected chi connectivity index (χ3v) is 6.31. The van der Waals surface area contributed by atoms with Gasteiger partial charge in [0.1, 0.15) is 0 Å². The molecule has 1 atom stereocenters. The summed E-state index contributed by atoms with van der Waals surface area (Å²) in [6.07, 6.45) is 2.11. The Labute approximate surface area is 179 Å². The minimum absolute atomic E-state index is 0.232. The monoisotopic (exact) mass is 410 g/mol. The molecule has 1 fully saturated rings. The summed E-state index contributed by atoms with van der Waals surface area (Å²) in [6.45, 7) is 12.5. The first-order chi connectivity index (χ1) is 14.4. The van der Waals surface area contributed by atoms with Crippen LogP contribution in [-0.2, 0) is 29.0 Å². The van der Waals surface area contributed by atoms with Crippen molar-refractivity contribution in [1.29, 1.82) is 0 Å². The maximum atomic E-state index is 13.0. The second-order valence-corrected chi connectivity index (χ2v) is 8.93. The first-order valence-electron chi connectivity index (χ1n) is 11.2. The van der Waals surface area contributed by atoms with Gasteiger partial charge in [0, 0.05) is 67.9 Å². The van der Waals surface area contributed by atoms with E-state index in [0.717, 1.165) is 38.4 Å². The molecular formula is C24H34N4O2. The molecule has 162 valence electrons. The lowest BCUT2D eigenvalue weighted by Gasteiger charge is -2.41. The van der Waals surface area contributed by atoms with E-state index in [-0.39, 0.29) is 5.91 Å². The van der Waals surface area contributed by atoms with Crippen LogP contribution in [0.25, 0.3) is 0 Å². The maximum absolute atomic E-state index is 13.0. The Hall–Kier alpha value is -2.34. The number of carbonyl (C=O) groups is 1. The molecule has 0 saturated carbocycles. The molecule has 1 unspecified atom stereocenters. The molecule has 0 radical (unpaired) electrons. The Morgan fingerprint density at radius 1 is 1.30 bits per heavy atom. The fourth-order valence-electron chi connectivity index (χ4n) is 4.72. The number of amides is 1. The number of ether oxygens (including phenoxy) is 1. The summed E-state index contributed by atoms with van der Waals surface area (Å²) in [5.74, 6) is 0.232. The highest BCUT2D eigenvalue weighted by molar-refractivity contribution is 5.77. The molecule has 0 bridgehead atoms. The van der Waals surface area contributed by atoms with E-state index >= 15 is 0 Å². The summed E-state index contributed by atoms with van der Waals surface area (Å²) in [4.78, 5) is 17.4. The van der Waals surface area contributed by atoms with E-state index in [1.165, 1.54) is 22.5 Å². The van der Waals surface area contributed by atoms with Crippen molar-refractivity contribution in [3.8, 4) is 0 Å². The molecule has 2 aliphatic rings. The van der Waals surface area contributed by atoms with Gasteiger partial charge in [0.05, 0.1) is 18.9 Å². The van der Waals surface area contributed by atoms with E-state index in [9.17, 15) is 4.79 Å². The number of fused-ring (bicyclic) bond motifs is 1. The predicted octanol–water partition coefficient (Wildman–Crippen LogP) is 3.52. The van der Waals surface area contributed by atoms with Crippen LogP contribution in [0.3, 0.4) is 0 Å². The van der Waals surface area contributed by atoms with Gasteiger partial charge >= 0.3 is 0 Å². The Morgan fingerprint density at radius 2 is 2.13 bits per heavy atom. The summed E-state index contributed by atoms with van der Waals surface area (Å²) in [5.41, 5.74) is 6.06. The van der Waals surface area contributed by atoms with Gasteiger partial charge in [0.15, 0.2) is 0 Å². The molecule has 1 amide bonds. The number of carbonyl (C=O) groups excluding carboxylic acids is 1. The second-order valence-electron chi connectivity index (χ2n) is 8.93. The number of hydrogen-bond acceptors (Lipinski definition) is 4. The molecule has 1 aromatic carbocycles. The smallest absolute Gasteiger partial charge is 0.223 e. The van der Waals surface area contributed by atoms with E-state index in [1.54, 1.807) is 0 Å². The van der Waals surface area contributed by atoms with Gasteiger partial charge in [-0.05, 0) is 45.4 Å². The number of benzene rings is 1. The molecular weight excluding hydrogens is 376 g/mol. The average molecular weight is 411 g/mol. The SMILES string of the molecule is Cc1cccc(N2CCN(C(=O)CCc3nn(C(C)C)c4c3COCC4)CC2C)c1. The van der Waals surface area contributed by atoms with Gasteiger partial charge in [0.25, 0.3) is 0 Å². The van der Waals surface area contributed by atoms with Crippen LogP contribution in [0.15, 0.2) is 24.3 Å². The standard InChI is InChI=1S/C24H34N4O2/c1-17(2)28-23-10-13-30-16-21(23)22(25-28)8-9-24(29)26-11-12-27(19(4)15-26)20-7-5-6-18(3)14-20/h5-7,14,17,19H,8-13,15-16H2,1-4H3. The normalized spacial score (nSPS) is 19.3. The predicted molar refractivity (Wildman–Crippen MR) is 119 cm³/mol. The zero-order chi connectivity index (χ0) is 21.3. The topological polar surface area (TPSA) is 50.6 Å². The van der Waals surface area contributed by atoms with Gasteiger partial charge in [-0.1, -0.05) is 12.1 Å². The third-order valence-electron chi connectivity index (χ3n) is 6.31. The van der Waals surface area contributed by atoms with Crippen molar-refractivity contribution in [3.63, 3.8) is 0 Å². The van der Waals surface area contributed by atoms with Crippen LogP contribution in [0.2, 0.25) is 0 Å². The zero-order valence-corrected chi connectivity index (χ0v) is 18.7. The summed E-state index contributed by atoms with van der Waals surface area (Å²) in [5, 5.41) is 4.84. The number of aryl methyl sites for hydroxylation is 2. The summed E-state index contributed by atoms with van der Waals surface area (Å²) >= 11 is 0. The molecule has 1 saturated heterocycles. The van der Waals surface area contributed by atoms with Crippen molar-refractivity contribution in [1.82, 2.24) is 14.7 Å². The van der Waals surface area contributed by atoms with Crippen LogP contribution in [-0.4, -0.2) is 52.9 Å². The zero-order valence-electron chi connectivity index (χ0n) is 18.7. The summed E-state index contributed by atoms with van der Waals surface area (Å²) in [6, 6.07) is 9.26. The Balaban J connectivity index is 1.38. The molecule has 0 spiro atoms. The van der Waals surface area contributed by atoms with Gasteiger partial charge < -0.3 is 14.5 Å². The first-order valence-corrected chi connectivity index (χ1v) is 11.2. The lowest BCUT2D eigenvalue weighted by atomic mass is 10.1. The average Bonchev–Trinajstić information content (AvgIpc) is 3.11. The van der Waals surface area contributed by atoms with E-state index in [1.807, 2.05) is 4.90 Å². The molecule has 0 N–H and O–H groups in total. The molecule has 0 aliphatic carbocycles. The number of piperazine rings is 1. The van der Waals surface area contributed by atoms with Crippen LogP contribution in [0.1, 0.15) is 55.7 Å². The minimum Gasteiger partial charge on any atom is -0.376 e. The second kappa shape index (κ2) is 8.80. The molecule has 6 nitrogen and oxygen atoms in total. The summed E-state index contributed by atoms with van der Waals surface area (Å²) in [7, 11) is 0. The maximum Gasteiger partial charge on any atom is 0.223 e. The molecule has 2 aliphatic heterocycles. The highest BCUT2D eigenvalue weighted by Gasteiger charge is 2.28. The van der Waals surface area contributed by atoms with E-state index < -0.39 is 0 Å². The number of hydrogen-bond donors (Lipinski definition) is 0. The quantitative estimate of drug-likeness (QED) is 0.757. The Bertz CT molecular complexity index is 905. The van der Waals surface area contributed by atoms with Crippen LogP contribution in [0, 0.1) is 6.92 Å². The van der Waals surface area contributed by atoms with Gasteiger partial charge in [-0.2, -0.15) is 5.10 Å². The number of aromatic nitrogens is 2. The molecule has 6 heteroatoms. The van der Waals surface area contributed by atoms with E-state index in [4.69, 9.17) is 9.84 Å². The number of nitrogens with zero attached hydrogens (tertiary/aromatic N) is 4. The van der Waals surface area contributed by atoms with Crippen LogP contribution in [0.4, 0.5) is 5.69 Å². The van der Waals surface area contributed by atoms with Crippen molar-refractivity contribution < 1.29 is 9.53 Å². The molecule has 30 heavy (non-hydrogen) atoms. The van der Waals surface area contributed by atoms with E-state index in [0.29, 0.717) is 31.5 Å². The van der Waals surface area contributed by atoms with Gasteiger partial charge in [-0.25, -0.2) is 0 Å². The summed E-state index contributed by atoms with van der Waals surface area (Å²) < 4.78 is 7.80. The fraction of sp³-hybridized carbons (Fsp3) is 0.583. The Morgan fingerprint density at radius 3 is 2.87 bits per heavy atom. The van der Waals surface area contributed by atoms with Gasteiger partial charge in [-0.3, -0.25) is 9.48 Å². The number of rotatable bonds is 5. The minimum atomic E-state index is 0.232. The van der Waals surface area contributed by atoms with Crippen LogP contribution >= 0.6 is 0 Å². The lowest BCUT2D eigenvalue weighted by Crippen LogP contribution is -2.53. The molecule has 2 aromatic rings. The fourth-order valence-corrected chi connectivity index (χ4v) is 4.72. The first kappa shape index (κ1) is 20.9.